The van der Waals surface area contributed by atoms with E-state index < -0.39 is 0 Å². The number of nitrogens with one attached hydrogen (secondary N) is 1. The molecule has 7 heteroatoms. The molecule has 3 heterocycles. The first-order chi connectivity index (χ1) is 15.5. The van der Waals surface area contributed by atoms with E-state index in [2.05, 4.69) is 52.3 Å². The molecule has 0 fully saturated rings. The van der Waals surface area contributed by atoms with Crippen molar-refractivity contribution >= 4 is 11.6 Å². The Hall–Kier alpha value is -2.77. The summed E-state index contributed by atoms with van der Waals surface area (Å²) >= 11 is 0. The molecule has 2 aromatic heterocycles. The molecule has 1 aliphatic rings. The number of anilines is 2. The summed E-state index contributed by atoms with van der Waals surface area (Å²) in [6.07, 6.45) is 9.98. The second kappa shape index (κ2) is 10.2. The highest BCUT2D eigenvalue weighted by Gasteiger charge is 2.17. The van der Waals surface area contributed by atoms with Crippen LogP contribution in [0, 0.1) is 6.92 Å². The van der Waals surface area contributed by atoms with Gasteiger partial charge in [-0.25, -0.2) is 9.97 Å². The summed E-state index contributed by atoms with van der Waals surface area (Å²) in [4.78, 5) is 11.8. The molecule has 3 aromatic rings. The first-order valence-electron chi connectivity index (χ1n) is 11.6. The number of rotatable bonds is 9. The summed E-state index contributed by atoms with van der Waals surface area (Å²) in [6, 6.07) is 6.89. The van der Waals surface area contributed by atoms with Crippen molar-refractivity contribution in [3.63, 3.8) is 0 Å². The lowest BCUT2D eigenvalue weighted by molar-refractivity contribution is 0.239. The normalized spacial score (nSPS) is 14.0. The molecule has 0 radical (unpaired) electrons. The van der Waals surface area contributed by atoms with Crippen molar-refractivity contribution in [3.05, 3.63) is 53.5 Å². The van der Waals surface area contributed by atoms with E-state index in [1.165, 1.54) is 11.1 Å². The second-order valence-electron chi connectivity index (χ2n) is 8.95. The van der Waals surface area contributed by atoms with Gasteiger partial charge in [-0.1, -0.05) is 6.07 Å². The monoisotopic (exact) mass is 434 g/mol. The Morgan fingerprint density at radius 1 is 1.12 bits per heavy atom. The number of aromatic nitrogens is 4. The molecule has 2 N–H and O–H groups in total. The Kier molecular flexibility index (Phi) is 7.17. The van der Waals surface area contributed by atoms with Crippen molar-refractivity contribution in [1.82, 2.24) is 24.6 Å². The summed E-state index contributed by atoms with van der Waals surface area (Å²) < 4.78 is 1.95. The predicted molar refractivity (Wildman–Crippen MR) is 128 cm³/mol. The Morgan fingerprint density at radius 3 is 2.78 bits per heavy atom. The van der Waals surface area contributed by atoms with Crippen LogP contribution in [0.3, 0.4) is 0 Å². The van der Waals surface area contributed by atoms with Gasteiger partial charge in [0.15, 0.2) is 0 Å². The molecule has 4 rings (SSSR count). The zero-order valence-corrected chi connectivity index (χ0v) is 19.4. The van der Waals surface area contributed by atoms with E-state index in [9.17, 15) is 0 Å². The Labute approximate surface area is 190 Å². The highest BCUT2D eigenvalue weighted by molar-refractivity contribution is 5.64. The SMILES string of the molecule is Cc1cnc(Nc2ccc3c(c2)CCN(CCCCCO)C3)nc1-c1cnn(C(C)C)c1. The van der Waals surface area contributed by atoms with Gasteiger partial charge in [0, 0.05) is 49.4 Å². The third kappa shape index (κ3) is 5.34. The van der Waals surface area contributed by atoms with Gasteiger partial charge in [-0.15, -0.1) is 0 Å². The summed E-state index contributed by atoms with van der Waals surface area (Å²) in [5.74, 6) is 0.601. The van der Waals surface area contributed by atoms with E-state index in [1.807, 2.05) is 30.2 Å². The molecule has 0 bridgehead atoms. The van der Waals surface area contributed by atoms with Crippen molar-refractivity contribution in [2.75, 3.05) is 25.0 Å². The standard InChI is InChI=1S/C25H34N6O/c1-18(2)31-17-22(15-27-31)24-19(3)14-26-25(29-24)28-23-8-7-21-16-30(10-5-4-6-12-32)11-9-20(21)13-23/h7-8,13-15,17-18,32H,4-6,9-12,16H2,1-3H3,(H,26,28,29). The average Bonchev–Trinajstić information content (AvgIpc) is 3.28. The highest BCUT2D eigenvalue weighted by atomic mass is 16.2. The van der Waals surface area contributed by atoms with Crippen LogP contribution in [0.4, 0.5) is 11.6 Å². The summed E-state index contributed by atoms with van der Waals surface area (Å²) in [6.45, 7) is 9.74. The van der Waals surface area contributed by atoms with E-state index in [4.69, 9.17) is 10.1 Å². The molecule has 1 aromatic carbocycles. The number of aryl methyl sites for hydroxylation is 1. The van der Waals surface area contributed by atoms with Crippen LogP contribution in [-0.4, -0.2) is 49.5 Å². The fourth-order valence-electron chi connectivity index (χ4n) is 4.17. The maximum Gasteiger partial charge on any atom is 0.227 e. The lowest BCUT2D eigenvalue weighted by Gasteiger charge is -2.29. The van der Waals surface area contributed by atoms with Crippen molar-refractivity contribution in [2.24, 2.45) is 0 Å². The van der Waals surface area contributed by atoms with Gasteiger partial charge in [0.05, 0.1) is 11.9 Å². The summed E-state index contributed by atoms with van der Waals surface area (Å²) in [5, 5.41) is 16.8. The molecule has 0 saturated heterocycles. The van der Waals surface area contributed by atoms with E-state index >= 15 is 0 Å². The van der Waals surface area contributed by atoms with Crippen LogP contribution >= 0.6 is 0 Å². The average molecular weight is 435 g/mol. The molecule has 32 heavy (non-hydrogen) atoms. The summed E-state index contributed by atoms with van der Waals surface area (Å²) in [7, 11) is 0. The zero-order valence-electron chi connectivity index (χ0n) is 19.4. The number of aliphatic hydroxyl groups excluding tert-OH is 1. The maximum absolute atomic E-state index is 8.94. The van der Waals surface area contributed by atoms with E-state index in [-0.39, 0.29) is 0 Å². The molecule has 0 amide bonds. The van der Waals surface area contributed by atoms with Crippen molar-refractivity contribution < 1.29 is 5.11 Å². The van der Waals surface area contributed by atoms with Gasteiger partial charge < -0.3 is 10.4 Å². The Bertz CT molecular complexity index is 1040. The highest BCUT2D eigenvalue weighted by Crippen LogP contribution is 2.26. The number of aliphatic hydroxyl groups is 1. The molecule has 0 unspecified atom stereocenters. The van der Waals surface area contributed by atoms with Gasteiger partial charge in [0.25, 0.3) is 0 Å². The number of benzene rings is 1. The van der Waals surface area contributed by atoms with Crippen LogP contribution in [-0.2, 0) is 13.0 Å². The maximum atomic E-state index is 8.94. The minimum Gasteiger partial charge on any atom is -0.396 e. The molecule has 0 atom stereocenters. The van der Waals surface area contributed by atoms with Gasteiger partial charge in [0.2, 0.25) is 5.95 Å². The largest absolute Gasteiger partial charge is 0.396 e. The molecular weight excluding hydrogens is 400 g/mol. The van der Waals surface area contributed by atoms with E-state index in [1.54, 1.807) is 0 Å². The predicted octanol–water partition coefficient (Wildman–Crippen LogP) is 4.49. The van der Waals surface area contributed by atoms with Crippen LogP contribution in [0.25, 0.3) is 11.3 Å². The van der Waals surface area contributed by atoms with Crippen LogP contribution in [0.15, 0.2) is 36.8 Å². The quantitative estimate of drug-likeness (QED) is 0.483. The molecular formula is C25H34N6O. The van der Waals surface area contributed by atoms with Crippen LogP contribution in [0.1, 0.15) is 55.8 Å². The van der Waals surface area contributed by atoms with E-state index in [0.29, 0.717) is 18.6 Å². The first-order valence-corrected chi connectivity index (χ1v) is 11.6. The molecule has 0 spiro atoms. The van der Waals surface area contributed by atoms with Crippen LogP contribution < -0.4 is 5.32 Å². The van der Waals surface area contributed by atoms with Gasteiger partial charge >= 0.3 is 0 Å². The number of nitrogens with zero attached hydrogens (tertiary/aromatic N) is 5. The topological polar surface area (TPSA) is 79.1 Å². The lowest BCUT2D eigenvalue weighted by Crippen LogP contribution is -2.31. The van der Waals surface area contributed by atoms with Crippen molar-refractivity contribution in [3.8, 4) is 11.3 Å². The van der Waals surface area contributed by atoms with E-state index in [0.717, 1.165) is 67.8 Å². The summed E-state index contributed by atoms with van der Waals surface area (Å²) in [5.41, 5.74) is 6.76. The van der Waals surface area contributed by atoms with Crippen molar-refractivity contribution in [2.45, 2.75) is 59.0 Å². The third-order valence-electron chi connectivity index (χ3n) is 6.06. The molecule has 0 saturated carbocycles. The van der Waals surface area contributed by atoms with Crippen LogP contribution in [0.2, 0.25) is 0 Å². The van der Waals surface area contributed by atoms with Gasteiger partial charge in [-0.05, 0) is 81.8 Å². The number of fused-ring (bicyclic) bond motifs is 1. The minimum absolute atomic E-state index is 0.298. The zero-order chi connectivity index (χ0) is 22.5. The fraction of sp³-hybridized carbons (Fsp3) is 0.480. The Balaban J connectivity index is 1.44. The van der Waals surface area contributed by atoms with Gasteiger partial charge in [-0.2, -0.15) is 5.10 Å². The van der Waals surface area contributed by atoms with Gasteiger partial charge in [-0.3, -0.25) is 9.58 Å². The molecule has 7 nitrogen and oxygen atoms in total. The molecule has 170 valence electrons. The molecule has 1 aliphatic heterocycles. The smallest absolute Gasteiger partial charge is 0.227 e. The Morgan fingerprint density at radius 2 is 2.00 bits per heavy atom. The van der Waals surface area contributed by atoms with Gasteiger partial charge in [0.1, 0.15) is 0 Å². The minimum atomic E-state index is 0.298. The second-order valence-corrected chi connectivity index (χ2v) is 8.95. The molecule has 0 aliphatic carbocycles. The third-order valence-corrected chi connectivity index (χ3v) is 6.06. The first kappa shape index (κ1) is 22.4. The number of hydrogen-bond acceptors (Lipinski definition) is 6. The number of hydrogen-bond donors (Lipinski definition) is 2. The lowest BCUT2D eigenvalue weighted by atomic mass is 9.98. The fourth-order valence-corrected chi connectivity index (χ4v) is 4.17. The number of unbranched alkanes of at least 4 members (excludes halogenated alkanes) is 2. The van der Waals surface area contributed by atoms with Crippen LogP contribution in [0.5, 0.6) is 0 Å². The van der Waals surface area contributed by atoms with Crippen molar-refractivity contribution in [1.29, 1.82) is 0 Å².